The molecule has 4 aromatic rings. The summed E-state index contributed by atoms with van der Waals surface area (Å²) in [6.45, 7) is 6.68. The van der Waals surface area contributed by atoms with Crippen molar-refractivity contribution in [2.45, 2.75) is 48.8 Å². The van der Waals surface area contributed by atoms with Gasteiger partial charge in [-0.1, -0.05) is 60.1 Å². The number of piperazine rings is 1. The fourth-order valence-electron chi connectivity index (χ4n) is 5.10. The molecule has 3 aromatic carbocycles. The summed E-state index contributed by atoms with van der Waals surface area (Å²) in [6, 6.07) is 27.0. The van der Waals surface area contributed by atoms with Gasteiger partial charge in [-0.3, -0.25) is 4.90 Å². The highest BCUT2D eigenvalue weighted by Gasteiger charge is 2.27. The minimum Gasteiger partial charge on any atom is -0.369 e. The van der Waals surface area contributed by atoms with Crippen LogP contribution in [0.25, 0.3) is 0 Å². The number of para-hydroxylation sites is 1. The third-order valence-electron chi connectivity index (χ3n) is 7.47. The van der Waals surface area contributed by atoms with E-state index in [1.54, 1.807) is 34.9 Å². The topological polar surface area (TPSA) is 71.3 Å². The van der Waals surface area contributed by atoms with Gasteiger partial charge in [-0.2, -0.15) is 0 Å². The number of anilines is 1. The van der Waals surface area contributed by atoms with Crippen molar-refractivity contribution >= 4 is 27.1 Å². The van der Waals surface area contributed by atoms with E-state index in [-0.39, 0.29) is 10.1 Å². The number of benzene rings is 3. The maximum absolute atomic E-state index is 13.5. The standard InChI is InChI=1S/C30H34ClN5O2S/c1-24(34-20-22-35(23-21-34)27-8-4-2-5-9-27)12-17-29-32-33-30(39(37,38)28-10-6-3-7-11-28)36(29)19-18-25-13-15-26(31)16-14-25/h2-11,13-16,24H,12,17-23H2,1H3. The van der Waals surface area contributed by atoms with Crippen molar-refractivity contribution in [1.29, 1.82) is 0 Å². The molecule has 9 heteroatoms. The first-order valence-electron chi connectivity index (χ1n) is 13.4. The number of hydrogen-bond donors (Lipinski definition) is 0. The van der Waals surface area contributed by atoms with Crippen molar-refractivity contribution in [3.63, 3.8) is 0 Å². The lowest BCUT2D eigenvalue weighted by atomic mass is 10.1. The quantitative estimate of drug-likeness (QED) is 0.266. The molecule has 1 aliphatic heterocycles. The molecule has 0 bridgehead atoms. The van der Waals surface area contributed by atoms with Crippen LogP contribution in [0.2, 0.25) is 5.02 Å². The number of rotatable bonds is 10. The summed E-state index contributed by atoms with van der Waals surface area (Å²) < 4.78 is 28.8. The first-order valence-corrected chi connectivity index (χ1v) is 15.3. The van der Waals surface area contributed by atoms with E-state index < -0.39 is 9.84 Å². The molecule has 0 saturated carbocycles. The van der Waals surface area contributed by atoms with E-state index in [1.165, 1.54) is 5.69 Å². The van der Waals surface area contributed by atoms with E-state index in [9.17, 15) is 8.42 Å². The summed E-state index contributed by atoms with van der Waals surface area (Å²) in [7, 11) is -3.80. The van der Waals surface area contributed by atoms with Crippen LogP contribution in [0.5, 0.6) is 0 Å². The fraction of sp³-hybridized carbons (Fsp3) is 0.333. The Labute approximate surface area is 236 Å². The monoisotopic (exact) mass is 563 g/mol. The van der Waals surface area contributed by atoms with E-state index in [1.807, 2.05) is 30.3 Å². The third-order valence-corrected chi connectivity index (χ3v) is 9.40. The van der Waals surface area contributed by atoms with Crippen LogP contribution in [0.15, 0.2) is 95.0 Å². The first-order chi connectivity index (χ1) is 18.9. The highest BCUT2D eigenvalue weighted by atomic mass is 35.5. The molecule has 7 nitrogen and oxygen atoms in total. The zero-order valence-electron chi connectivity index (χ0n) is 22.2. The highest BCUT2D eigenvalue weighted by Crippen LogP contribution is 2.23. The van der Waals surface area contributed by atoms with Crippen molar-refractivity contribution in [1.82, 2.24) is 19.7 Å². The van der Waals surface area contributed by atoms with Gasteiger partial charge in [0.2, 0.25) is 9.84 Å². The molecule has 0 radical (unpaired) electrons. The first kappa shape index (κ1) is 27.4. The summed E-state index contributed by atoms with van der Waals surface area (Å²) >= 11 is 6.05. The Morgan fingerprint density at radius 1 is 0.821 bits per heavy atom. The van der Waals surface area contributed by atoms with Crippen LogP contribution in [0.1, 0.15) is 24.7 Å². The van der Waals surface area contributed by atoms with E-state index in [0.29, 0.717) is 36.3 Å². The maximum Gasteiger partial charge on any atom is 0.254 e. The van der Waals surface area contributed by atoms with Crippen LogP contribution in [0.4, 0.5) is 5.69 Å². The molecule has 1 aromatic heterocycles. The van der Waals surface area contributed by atoms with Crippen molar-refractivity contribution in [2.75, 3.05) is 31.1 Å². The Hall–Kier alpha value is -3.20. The Kier molecular flexibility index (Phi) is 8.65. The number of sulfone groups is 1. The maximum atomic E-state index is 13.5. The lowest BCUT2D eigenvalue weighted by molar-refractivity contribution is 0.188. The van der Waals surface area contributed by atoms with Gasteiger partial charge in [0.1, 0.15) is 5.82 Å². The second kappa shape index (κ2) is 12.3. The van der Waals surface area contributed by atoms with E-state index in [0.717, 1.165) is 38.2 Å². The van der Waals surface area contributed by atoms with E-state index in [2.05, 4.69) is 51.2 Å². The Bertz CT molecular complexity index is 1450. The van der Waals surface area contributed by atoms with Crippen molar-refractivity contribution in [2.24, 2.45) is 0 Å². The summed E-state index contributed by atoms with van der Waals surface area (Å²) in [4.78, 5) is 5.16. The van der Waals surface area contributed by atoms with Gasteiger partial charge in [0.15, 0.2) is 0 Å². The molecule has 2 heterocycles. The molecular weight excluding hydrogens is 530 g/mol. The predicted molar refractivity (Wildman–Crippen MR) is 155 cm³/mol. The number of aryl methyl sites for hydroxylation is 2. The van der Waals surface area contributed by atoms with Gasteiger partial charge in [0, 0.05) is 55.9 Å². The molecule has 39 heavy (non-hydrogen) atoms. The molecule has 1 saturated heterocycles. The van der Waals surface area contributed by atoms with Gasteiger partial charge in [-0.05, 0) is 61.7 Å². The molecule has 204 valence electrons. The predicted octanol–water partition coefficient (Wildman–Crippen LogP) is 5.15. The molecule has 1 aliphatic rings. The van der Waals surface area contributed by atoms with Crippen LogP contribution in [-0.2, 0) is 29.2 Å². The van der Waals surface area contributed by atoms with Crippen LogP contribution >= 0.6 is 11.6 Å². The summed E-state index contributed by atoms with van der Waals surface area (Å²) in [5.41, 5.74) is 2.34. The van der Waals surface area contributed by atoms with Crippen molar-refractivity contribution in [3.05, 3.63) is 101 Å². The van der Waals surface area contributed by atoms with Gasteiger partial charge < -0.3 is 9.47 Å². The second-order valence-electron chi connectivity index (χ2n) is 9.99. The van der Waals surface area contributed by atoms with Crippen molar-refractivity contribution < 1.29 is 8.42 Å². The smallest absolute Gasteiger partial charge is 0.254 e. The summed E-state index contributed by atoms with van der Waals surface area (Å²) in [5, 5.41) is 9.27. The Morgan fingerprint density at radius 2 is 1.46 bits per heavy atom. The molecule has 5 rings (SSSR count). The zero-order chi connectivity index (χ0) is 27.2. The SMILES string of the molecule is CC(CCc1nnc(S(=O)(=O)c2ccccc2)n1CCc1ccc(Cl)cc1)N1CCN(c2ccccc2)CC1. The normalized spacial score (nSPS) is 15.4. The van der Waals surface area contributed by atoms with Gasteiger partial charge in [-0.15, -0.1) is 10.2 Å². The molecule has 0 aliphatic carbocycles. The Morgan fingerprint density at radius 3 is 2.13 bits per heavy atom. The lowest BCUT2D eigenvalue weighted by Gasteiger charge is -2.39. The molecular formula is C30H34ClN5O2S. The number of nitrogens with zero attached hydrogens (tertiary/aromatic N) is 5. The Balaban J connectivity index is 1.29. The second-order valence-corrected chi connectivity index (χ2v) is 12.3. The van der Waals surface area contributed by atoms with Gasteiger partial charge in [-0.25, -0.2) is 8.42 Å². The molecule has 1 unspecified atom stereocenters. The highest BCUT2D eigenvalue weighted by molar-refractivity contribution is 7.91. The van der Waals surface area contributed by atoms with Crippen LogP contribution in [-0.4, -0.2) is 60.3 Å². The zero-order valence-corrected chi connectivity index (χ0v) is 23.7. The molecule has 1 fully saturated rings. The molecule has 1 atom stereocenters. The van der Waals surface area contributed by atoms with E-state index >= 15 is 0 Å². The minimum atomic E-state index is -3.80. The number of hydrogen-bond acceptors (Lipinski definition) is 6. The average Bonchev–Trinajstić information content (AvgIpc) is 3.40. The summed E-state index contributed by atoms with van der Waals surface area (Å²) in [6.07, 6.45) is 2.17. The van der Waals surface area contributed by atoms with Gasteiger partial charge >= 0.3 is 0 Å². The van der Waals surface area contributed by atoms with E-state index in [4.69, 9.17) is 11.6 Å². The molecule has 0 N–H and O–H groups in total. The average molecular weight is 564 g/mol. The third kappa shape index (κ3) is 6.52. The largest absolute Gasteiger partial charge is 0.369 e. The molecule has 0 spiro atoms. The summed E-state index contributed by atoms with van der Waals surface area (Å²) in [5.74, 6) is 0.702. The van der Waals surface area contributed by atoms with Gasteiger partial charge in [0.25, 0.3) is 5.16 Å². The van der Waals surface area contributed by atoms with Crippen LogP contribution < -0.4 is 4.90 Å². The van der Waals surface area contributed by atoms with Crippen molar-refractivity contribution in [3.8, 4) is 0 Å². The van der Waals surface area contributed by atoms with Crippen LogP contribution in [0, 0.1) is 0 Å². The number of halogens is 1. The minimum absolute atomic E-state index is 0.00166. The molecule has 0 amide bonds. The van der Waals surface area contributed by atoms with Gasteiger partial charge in [0.05, 0.1) is 4.90 Å². The van der Waals surface area contributed by atoms with Crippen LogP contribution in [0.3, 0.4) is 0 Å². The lowest BCUT2D eigenvalue weighted by Crippen LogP contribution is -2.49. The fourth-order valence-corrected chi connectivity index (χ4v) is 6.59. The number of aromatic nitrogens is 3.